The molecule has 4 heteroatoms. The minimum Gasteiger partial charge on any atom is -0.361 e. The molecule has 3 rings (SSSR count). The molecule has 1 saturated carbocycles. The van der Waals surface area contributed by atoms with Gasteiger partial charge in [0.15, 0.2) is 0 Å². The Hall–Kier alpha value is -1.81. The van der Waals surface area contributed by atoms with Crippen molar-refractivity contribution in [1.82, 2.24) is 10.3 Å². The summed E-state index contributed by atoms with van der Waals surface area (Å²) >= 11 is 0. The van der Waals surface area contributed by atoms with Gasteiger partial charge in [0, 0.05) is 23.1 Å². The van der Waals surface area contributed by atoms with E-state index in [4.69, 9.17) is 5.73 Å². The van der Waals surface area contributed by atoms with Gasteiger partial charge in [0.25, 0.3) is 0 Å². The summed E-state index contributed by atoms with van der Waals surface area (Å²) in [6.45, 7) is 2.23. The van der Waals surface area contributed by atoms with Gasteiger partial charge in [-0.15, -0.1) is 0 Å². The first-order chi connectivity index (χ1) is 10.1. The van der Waals surface area contributed by atoms with E-state index in [1.165, 1.54) is 6.42 Å². The fraction of sp³-hybridized carbons (Fsp3) is 0.471. The lowest BCUT2D eigenvalue weighted by molar-refractivity contribution is -0.123. The predicted octanol–water partition coefficient (Wildman–Crippen LogP) is 2.34. The maximum Gasteiger partial charge on any atom is 0.237 e. The molecule has 1 heterocycles. The van der Waals surface area contributed by atoms with Crippen LogP contribution < -0.4 is 11.1 Å². The molecule has 4 N–H and O–H groups in total. The standard InChI is InChI=1S/C17H23N3O/c1-11-6-7-13(8-11)20-17(21)15(18)9-12-10-19-16-5-3-2-4-14(12)16/h2-5,10-11,13,15,19H,6-9,18H2,1H3,(H,20,21). The van der Waals surface area contributed by atoms with Gasteiger partial charge in [-0.2, -0.15) is 0 Å². The molecule has 0 spiro atoms. The fourth-order valence-electron chi connectivity index (χ4n) is 3.28. The molecule has 3 atom stereocenters. The maximum absolute atomic E-state index is 12.2. The van der Waals surface area contributed by atoms with Crippen LogP contribution in [0.25, 0.3) is 10.9 Å². The van der Waals surface area contributed by atoms with Crippen LogP contribution in [0.3, 0.4) is 0 Å². The zero-order valence-corrected chi connectivity index (χ0v) is 12.4. The molecule has 1 aliphatic carbocycles. The molecule has 21 heavy (non-hydrogen) atoms. The quantitative estimate of drug-likeness (QED) is 0.807. The van der Waals surface area contributed by atoms with Crippen molar-refractivity contribution in [3.8, 4) is 0 Å². The van der Waals surface area contributed by atoms with E-state index in [9.17, 15) is 4.79 Å². The van der Waals surface area contributed by atoms with Crippen LogP contribution in [0.1, 0.15) is 31.7 Å². The maximum atomic E-state index is 12.2. The smallest absolute Gasteiger partial charge is 0.237 e. The highest BCUT2D eigenvalue weighted by atomic mass is 16.2. The van der Waals surface area contributed by atoms with Crippen LogP contribution in [0.2, 0.25) is 0 Å². The number of hydrogen-bond donors (Lipinski definition) is 3. The topological polar surface area (TPSA) is 70.9 Å². The summed E-state index contributed by atoms with van der Waals surface area (Å²) < 4.78 is 0. The van der Waals surface area contributed by atoms with E-state index in [1.54, 1.807) is 0 Å². The van der Waals surface area contributed by atoms with Crippen LogP contribution in [0.4, 0.5) is 0 Å². The molecule has 3 unspecified atom stereocenters. The highest BCUT2D eigenvalue weighted by Gasteiger charge is 2.25. The molecule has 2 aromatic rings. The van der Waals surface area contributed by atoms with Crippen molar-refractivity contribution in [2.75, 3.05) is 0 Å². The Bertz CT molecular complexity index is 634. The second-order valence-corrected chi connectivity index (χ2v) is 6.29. The highest BCUT2D eigenvalue weighted by Crippen LogP contribution is 2.24. The van der Waals surface area contributed by atoms with Gasteiger partial charge in [0.05, 0.1) is 6.04 Å². The minimum absolute atomic E-state index is 0.0284. The first kappa shape index (κ1) is 14.1. The second-order valence-electron chi connectivity index (χ2n) is 6.29. The summed E-state index contributed by atoms with van der Waals surface area (Å²) in [5.74, 6) is 0.680. The molecule has 1 amide bonds. The van der Waals surface area contributed by atoms with E-state index in [0.717, 1.165) is 29.3 Å². The number of nitrogens with two attached hydrogens (primary N) is 1. The third-order valence-corrected chi connectivity index (χ3v) is 4.49. The summed E-state index contributed by atoms with van der Waals surface area (Å²) in [7, 11) is 0. The van der Waals surface area contributed by atoms with E-state index >= 15 is 0 Å². The first-order valence-electron chi connectivity index (χ1n) is 7.74. The normalized spacial score (nSPS) is 23.3. The first-order valence-corrected chi connectivity index (χ1v) is 7.74. The van der Waals surface area contributed by atoms with Crippen LogP contribution in [0.15, 0.2) is 30.5 Å². The molecule has 0 bridgehead atoms. The van der Waals surface area contributed by atoms with Gasteiger partial charge in [-0.1, -0.05) is 25.1 Å². The van der Waals surface area contributed by atoms with E-state index in [0.29, 0.717) is 18.4 Å². The Labute approximate surface area is 125 Å². The van der Waals surface area contributed by atoms with Crippen LogP contribution >= 0.6 is 0 Å². The number of H-pyrrole nitrogens is 1. The van der Waals surface area contributed by atoms with Crippen LogP contribution in [-0.4, -0.2) is 23.0 Å². The Balaban J connectivity index is 1.63. The number of hydrogen-bond acceptors (Lipinski definition) is 2. The van der Waals surface area contributed by atoms with E-state index < -0.39 is 6.04 Å². The Kier molecular flexibility index (Phi) is 3.97. The number of benzene rings is 1. The Morgan fingerprint density at radius 1 is 1.43 bits per heavy atom. The molecule has 1 aliphatic rings. The third-order valence-electron chi connectivity index (χ3n) is 4.49. The minimum atomic E-state index is -0.486. The number of fused-ring (bicyclic) bond motifs is 1. The molecule has 4 nitrogen and oxygen atoms in total. The van der Waals surface area contributed by atoms with Gasteiger partial charge in [-0.05, 0) is 43.2 Å². The van der Waals surface area contributed by atoms with Gasteiger partial charge in [0.2, 0.25) is 5.91 Å². The SMILES string of the molecule is CC1CCC(NC(=O)C(N)Cc2c[nH]c3ccccc23)C1. The number of rotatable bonds is 4. The van der Waals surface area contributed by atoms with Crippen molar-refractivity contribution in [2.45, 2.75) is 44.7 Å². The van der Waals surface area contributed by atoms with Crippen LogP contribution in [0, 0.1) is 5.92 Å². The zero-order chi connectivity index (χ0) is 14.8. The number of amides is 1. The lowest BCUT2D eigenvalue weighted by atomic mass is 10.0. The molecule has 0 saturated heterocycles. The average Bonchev–Trinajstić information content (AvgIpc) is 3.06. The van der Waals surface area contributed by atoms with Crippen molar-refractivity contribution < 1.29 is 4.79 Å². The van der Waals surface area contributed by atoms with Crippen molar-refractivity contribution in [1.29, 1.82) is 0 Å². The number of aromatic nitrogens is 1. The number of nitrogens with one attached hydrogen (secondary N) is 2. The molecule has 1 aromatic carbocycles. The fourth-order valence-corrected chi connectivity index (χ4v) is 3.28. The van der Waals surface area contributed by atoms with Crippen LogP contribution in [0.5, 0.6) is 0 Å². The highest BCUT2D eigenvalue weighted by molar-refractivity contribution is 5.86. The van der Waals surface area contributed by atoms with Crippen LogP contribution in [-0.2, 0) is 11.2 Å². The summed E-state index contributed by atoms with van der Waals surface area (Å²) in [6.07, 6.45) is 5.87. The lowest BCUT2D eigenvalue weighted by Gasteiger charge is -2.16. The average molecular weight is 285 g/mol. The molecular formula is C17H23N3O. The molecule has 1 fully saturated rings. The van der Waals surface area contributed by atoms with Crippen molar-refractivity contribution in [2.24, 2.45) is 11.7 Å². The predicted molar refractivity (Wildman–Crippen MR) is 84.9 cm³/mol. The van der Waals surface area contributed by atoms with E-state index in [1.807, 2.05) is 24.4 Å². The Morgan fingerprint density at radius 3 is 3.00 bits per heavy atom. The van der Waals surface area contributed by atoms with Crippen molar-refractivity contribution in [3.05, 3.63) is 36.0 Å². The summed E-state index contributed by atoms with van der Waals surface area (Å²) in [4.78, 5) is 15.4. The zero-order valence-electron chi connectivity index (χ0n) is 12.4. The molecule has 0 radical (unpaired) electrons. The summed E-state index contributed by atoms with van der Waals surface area (Å²) in [5, 5.41) is 4.24. The largest absolute Gasteiger partial charge is 0.361 e. The molecule has 1 aromatic heterocycles. The van der Waals surface area contributed by atoms with E-state index in [-0.39, 0.29) is 5.91 Å². The third kappa shape index (κ3) is 3.10. The number of carbonyl (C=O) groups excluding carboxylic acids is 1. The number of carbonyl (C=O) groups is 1. The van der Waals surface area contributed by atoms with Gasteiger partial charge in [-0.25, -0.2) is 0 Å². The number of aromatic amines is 1. The Morgan fingerprint density at radius 2 is 2.24 bits per heavy atom. The molecule has 112 valence electrons. The van der Waals surface area contributed by atoms with E-state index in [2.05, 4.69) is 23.3 Å². The summed E-state index contributed by atoms with van der Waals surface area (Å²) in [6, 6.07) is 7.91. The van der Waals surface area contributed by atoms with Crippen molar-refractivity contribution in [3.63, 3.8) is 0 Å². The van der Waals surface area contributed by atoms with Gasteiger partial charge in [0.1, 0.15) is 0 Å². The second kappa shape index (κ2) is 5.90. The lowest BCUT2D eigenvalue weighted by Crippen LogP contribution is -2.45. The number of para-hydroxylation sites is 1. The van der Waals surface area contributed by atoms with Crippen molar-refractivity contribution >= 4 is 16.8 Å². The van der Waals surface area contributed by atoms with Gasteiger partial charge < -0.3 is 16.0 Å². The molecule has 0 aliphatic heterocycles. The monoisotopic (exact) mass is 285 g/mol. The summed E-state index contributed by atoms with van der Waals surface area (Å²) in [5.41, 5.74) is 8.28. The molecular weight excluding hydrogens is 262 g/mol. The van der Waals surface area contributed by atoms with Gasteiger partial charge >= 0.3 is 0 Å². The van der Waals surface area contributed by atoms with Gasteiger partial charge in [-0.3, -0.25) is 4.79 Å².